The number of halogens is 1. The molecule has 0 fully saturated rings. The topological polar surface area (TPSA) is 38.3 Å². The van der Waals surface area contributed by atoms with Crippen LogP contribution in [-0.4, -0.2) is 12.5 Å². The van der Waals surface area contributed by atoms with Crippen LogP contribution in [0.2, 0.25) is 0 Å². The van der Waals surface area contributed by atoms with Gasteiger partial charge in [-0.3, -0.25) is 4.79 Å². The molecule has 0 aromatic heterocycles. The second-order valence-corrected chi connectivity index (χ2v) is 5.63. The summed E-state index contributed by atoms with van der Waals surface area (Å²) in [4.78, 5) is 11.9. The number of amides is 1. The van der Waals surface area contributed by atoms with E-state index in [4.69, 9.17) is 4.74 Å². The smallest absolute Gasteiger partial charge is 0.248 e. The minimum atomic E-state index is -0.174. The maximum atomic E-state index is 11.9. The molecule has 2 rings (SSSR count). The van der Waals surface area contributed by atoms with Crippen LogP contribution in [0.4, 0.5) is 5.69 Å². The molecule has 0 aliphatic heterocycles. The molecular weight excluding hydrogens is 342 g/mol. The van der Waals surface area contributed by atoms with E-state index in [9.17, 15) is 4.79 Å². The third-order valence-corrected chi connectivity index (χ3v) is 3.44. The Morgan fingerprint density at radius 3 is 2.64 bits per heavy atom. The first-order chi connectivity index (χ1) is 10.7. The molecule has 0 heterocycles. The van der Waals surface area contributed by atoms with Crippen LogP contribution >= 0.6 is 15.9 Å². The van der Waals surface area contributed by atoms with E-state index in [1.54, 1.807) is 6.08 Å². The zero-order chi connectivity index (χ0) is 15.8. The number of benzene rings is 2. The van der Waals surface area contributed by atoms with Crippen molar-refractivity contribution in [2.75, 3.05) is 11.9 Å². The van der Waals surface area contributed by atoms with Crippen LogP contribution in [-0.2, 0) is 4.79 Å². The Morgan fingerprint density at radius 2 is 1.91 bits per heavy atom. The van der Waals surface area contributed by atoms with E-state index < -0.39 is 0 Å². The van der Waals surface area contributed by atoms with Crippen molar-refractivity contribution in [1.29, 1.82) is 0 Å². The number of carbonyl (C=O) groups is 1. The lowest BCUT2D eigenvalue weighted by molar-refractivity contribution is -0.111. The van der Waals surface area contributed by atoms with Gasteiger partial charge in [0.1, 0.15) is 5.75 Å². The molecule has 1 amide bonds. The second kappa shape index (κ2) is 8.39. The standard InChI is InChI=1S/C18H18BrNO2/c1-2-13-22-17-6-4-3-5-14(17)7-12-18(21)20-16-10-8-15(19)9-11-16/h3-12H,2,13H2,1H3,(H,20,21)/b12-7+. The fourth-order valence-corrected chi connectivity index (χ4v) is 2.11. The molecule has 0 atom stereocenters. The molecule has 4 heteroatoms. The summed E-state index contributed by atoms with van der Waals surface area (Å²) in [5, 5.41) is 2.81. The lowest BCUT2D eigenvalue weighted by Crippen LogP contribution is -2.07. The molecule has 0 bridgehead atoms. The summed E-state index contributed by atoms with van der Waals surface area (Å²) in [6.07, 6.45) is 4.22. The third-order valence-electron chi connectivity index (χ3n) is 2.91. The predicted octanol–water partition coefficient (Wildman–Crippen LogP) is 4.89. The summed E-state index contributed by atoms with van der Waals surface area (Å²) < 4.78 is 6.64. The van der Waals surface area contributed by atoms with Crippen LogP contribution in [0.3, 0.4) is 0 Å². The molecule has 0 saturated carbocycles. The summed E-state index contributed by atoms with van der Waals surface area (Å²) >= 11 is 3.36. The average Bonchev–Trinajstić information content (AvgIpc) is 2.54. The molecule has 0 saturated heterocycles. The molecule has 22 heavy (non-hydrogen) atoms. The van der Waals surface area contributed by atoms with Gasteiger partial charge in [-0.1, -0.05) is 41.1 Å². The van der Waals surface area contributed by atoms with Gasteiger partial charge in [-0.2, -0.15) is 0 Å². The molecule has 1 N–H and O–H groups in total. The van der Waals surface area contributed by atoms with Crippen LogP contribution < -0.4 is 10.1 Å². The van der Waals surface area contributed by atoms with E-state index in [0.29, 0.717) is 6.61 Å². The maximum Gasteiger partial charge on any atom is 0.248 e. The average molecular weight is 360 g/mol. The van der Waals surface area contributed by atoms with Crippen molar-refractivity contribution in [1.82, 2.24) is 0 Å². The van der Waals surface area contributed by atoms with E-state index in [1.165, 1.54) is 6.08 Å². The van der Waals surface area contributed by atoms with Gasteiger partial charge in [-0.05, 0) is 42.8 Å². The number of hydrogen-bond donors (Lipinski definition) is 1. The first-order valence-corrected chi connectivity index (χ1v) is 7.95. The summed E-state index contributed by atoms with van der Waals surface area (Å²) in [5.74, 6) is 0.615. The van der Waals surface area contributed by atoms with Gasteiger partial charge in [-0.25, -0.2) is 0 Å². The first kappa shape index (κ1) is 16.3. The van der Waals surface area contributed by atoms with Crippen molar-refractivity contribution in [2.45, 2.75) is 13.3 Å². The number of nitrogens with one attached hydrogen (secondary N) is 1. The molecule has 0 radical (unpaired) electrons. The summed E-state index contributed by atoms with van der Waals surface area (Å²) in [7, 11) is 0. The molecule has 0 aliphatic carbocycles. The van der Waals surface area contributed by atoms with Crippen molar-refractivity contribution in [2.24, 2.45) is 0 Å². The summed E-state index contributed by atoms with van der Waals surface area (Å²) in [5.41, 5.74) is 1.65. The second-order valence-electron chi connectivity index (χ2n) is 4.72. The number of para-hydroxylation sites is 1. The van der Waals surface area contributed by atoms with Gasteiger partial charge in [0.05, 0.1) is 6.61 Å². The van der Waals surface area contributed by atoms with E-state index in [1.807, 2.05) is 48.5 Å². The van der Waals surface area contributed by atoms with E-state index >= 15 is 0 Å². The van der Waals surface area contributed by atoms with E-state index in [-0.39, 0.29) is 5.91 Å². The zero-order valence-electron chi connectivity index (χ0n) is 12.4. The van der Waals surface area contributed by atoms with E-state index in [0.717, 1.165) is 27.9 Å². The molecule has 0 spiro atoms. The molecule has 2 aromatic rings. The molecule has 3 nitrogen and oxygen atoms in total. The van der Waals surface area contributed by atoms with Crippen molar-refractivity contribution < 1.29 is 9.53 Å². The van der Waals surface area contributed by atoms with Gasteiger partial charge in [0.15, 0.2) is 0 Å². The third kappa shape index (κ3) is 5.04. The minimum Gasteiger partial charge on any atom is -0.493 e. The lowest BCUT2D eigenvalue weighted by Gasteiger charge is -2.07. The Bertz CT molecular complexity index is 650. The molecule has 114 valence electrons. The normalized spacial score (nSPS) is 10.6. The first-order valence-electron chi connectivity index (χ1n) is 7.15. The minimum absolute atomic E-state index is 0.174. The SMILES string of the molecule is CCCOc1ccccc1/C=C/C(=O)Nc1ccc(Br)cc1. The van der Waals surface area contributed by atoms with Crippen LogP contribution in [0.1, 0.15) is 18.9 Å². The summed E-state index contributed by atoms with van der Waals surface area (Å²) in [6, 6.07) is 15.1. The van der Waals surface area contributed by atoms with Crippen LogP contribution in [0.15, 0.2) is 59.1 Å². The van der Waals surface area contributed by atoms with Crippen LogP contribution in [0.25, 0.3) is 6.08 Å². The highest BCUT2D eigenvalue weighted by atomic mass is 79.9. The highest BCUT2D eigenvalue weighted by Crippen LogP contribution is 2.20. The van der Waals surface area contributed by atoms with Gasteiger partial charge in [0, 0.05) is 21.8 Å². The van der Waals surface area contributed by atoms with Crippen molar-refractivity contribution in [3.8, 4) is 5.75 Å². The fourth-order valence-electron chi connectivity index (χ4n) is 1.84. The van der Waals surface area contributed by atoms with Crippen molar-refractivity contribution in [3.63, 3.8) is 0 Å². The largest absolute Gasteiger partial charge is 0.493 e. The number of anilines is 1. The Balaban J connectivity index is 2.01. The maximum absolute atomic E-state index is 11.9. The lowest BCUT2D eigenvalue weighted by atomic mass is 10.2. The van der Waals surface area contributed by atoms with Gasteiger partial charge >= 0.3 is 0 Å². The van der Waals surface area contributed by atoms with Gasteiger partial charge in [-0.15, -0.1) is 0 Å². The summed E-state index contributed by atoms with van der Waals surface area (Å²) in [6.45, 7) is 2.72. The highest BCUT2D eigenvalue weighted by molar-refractivity contribution is 9.10. The Hall–Kier alpha value is -2.07. The Labute approximate surface area is 139 Å². The van der Waals surface area contributed by atoms with Crippen LogP contribution in [0.5, 0.6) is 5.75 Å². The number of carbonyl (C=O) groups excluding carboxylic acids is 1. The Morgan fingerprint density at radius 1 is 1.18 bits per heavy atom. The van der Waals surface area contributed by atoms with Crippen LogP contribution in [0, 0.1) is 0 Å². The number of hydrogen-bond acceptors (Lipinski definition) is 2. The highest BCUT2D eigenvalue weighted by Gasteiger charge is 2.01. The van der Waals surface area contributed by atoms with Crippen molar-refractivity contribution in [3.05, 3.63) is 64.6 Å². The van der Waals surface area contributed by atoms with Gasteiger partial charge in [0.2, 0.25) is 5.91 Å². The van der Waals surface area contributed by atoms with Crippen molar-refractivity contribution >= 4 is 33.6 Å². The fraction of sp³-hybridized carbons (Fsp3) is 0.167. The van der Waals surface area contributed by atoms with E-state index in [2.05, 4.69) is 28.2 Å². The number of rotatable bonds is 6. The molecular formula is C18H18BrNO2. The van der Waals surface area contributed by atoms with Gasteiger partial charge in [0.25, 0.3) is 0 Å². The molecule has 2 aromatic carbocycles. The number of ether oxygens (including phenoxy) is 1. The molecule has 0 unspecified atom stereocenters. The zero-order valence-corrected chi connectivity index (χ0v) is 14.0. The quantitative estimate of drug-likeness (QED) is 0.745. The Kier molecular flexibility index (Phi) is 6.22. The van der Waals surface area contributed by atoms with Gasteiger partial charge < -0.3 is 10.1 Å². The monoisotopic (exact) mass is 359 g/mol. The molecule has 0 aliphatic rings. The predicted molar refractivity (Wildman–Crippen MR) is 94.0 cm³/mol.